The van der Waals surface area contributed by atoms with Gasteiger partial charge in [-0.2, -0.15) is 0 Å². The predicted molar refractivity (Wildman–Crippen MR) is 90.8 cm³/mol. The van der Waals surface area contributed by atoms with Gasteiger partial charge < -0.3 is 24.5 Å². The van der Waals surface area contributed by atoms with E-state index in [1.807, 2.05) is 17.8 Å². The van der Waals surface area contributed by atoms with E-state index in [2.05, 4.69) is 15.3 Å². The third kappa shape index (κ3) is 4.62. The monoisotopic (exact) mass is 345 g/mol. The van der Waals surface area contributed by atoms with Gasteiger partial charge in [-0.15, -0.1) is 0 Å². The summed E-state index contributed by atoms with van der Waals surface area (Å²) in [6.07, 6.45) is 8.31. The second kappa shape index (κ2) is 7.87. The normalized spacial score (nSPS) is 15.2. The van der Waals surface area contributed by atoms with Crippen LogP contribution in [0.4, 0.5) is 4.79 Å². The number of nitrogens with zero attached hydrogens (tertiary/aromatic N) is 3. The lowest BCUT2D eigenvalue weighted by molar-refractivity contribution is 0.0793. The topological polar surface area (TPSA) is 92.2 Å². The second-order valence-electron chi connectivity index (χ2n) is 6.33. The Morgan fingerprint density at radius 2 is 2.20 bits per heavy atom. The molecule has 0 aromatic carbocycles. The van der Waals surface area contributed by atoms with Crippen LogP contribution in [0.25, 0.3) is 0 Å². The lowest BCUT2D eigenvalue weighted by atomic mass is 9.97. The van der Waals surface area contributed by atoms with E-state index >= 15 is 0 Å². The third-order valence-corrected chi connectivity index (χ3v) is 4.39. The number of amides is 2. The van der Waals surface area contributed by atoms with Crippen molar-refractivity contribution in [2.45, 2.75) is 19.4 Å². The smallest absolute Gasteiger partial charge is 0.410 e. The Bertz CT molecular complexity index is 702. The van der Waals surface area contributed by atoms with Crippen LogP contribution < -0.4 is 5.32 Å². The largest absolute Gasteiger partial charge is 0.443 e. The molecular formula is C17H23N5O3. The Balaban J connectivity index is 1.36. The molecule has 25 heavy (non-hydrogen) atoms. The van der Waals surface area contributed by atoms with E-state index in [1.165, 1.54) is 0 Å². The van der Waals surface area contributed by atoms with Crippen LogP contribution in [0.1, 0.15) is 28.9 Å². The zero-order valence-electron chi connectivity index (χ0n) is 14.3. The van der Waals surface area contributed by atoms with Gasteiger partial charge in [0.1, 0.15) is 6.61 Å². The molecule has 0 saturated carbocycles. The minimum Gasteiger partial charge on any atom is -0.443 e. The van der Waals surface area contributed by atoms with Crippen LogP contribution in [-0.4, -0.2) is 51.1 Å². The van der Waals surface area contributed by atoms with Crippen molar-refractivity contribution in [3.8, 4) is 0 Å². The molecule has 1 fully saturated rings. The fourth-order valence-corrected chi connectivity index (χ4v) is 2.89. The van der Waals surface area contributed by atoms with Gasteiger partial charge in [0.05, 0.1) is 17.6 Å². The average molecular weight is 345 g/mol. The highest BCUT2D eigenvalue weighted by atomic mass is 16.6. The van der Waals surface area contributed by atoms with E-state index in [0.717, 1.165) is 18.5 Å². The summed E-state index contributed by atoms with van der Waals surface area (Å²) in [5, 5.41) is 2.94. The number of hydrogen-bond donors (Lipinski definition) is 2. The zero-order valence-corrected chi connectivity index (χ0v) is 14.3. The van der Waals surface area contributed by atoms with Crippen molar-refractivity contribution in [1.82, 2.24) is 24.8 Å². The fraction of sp³-hybridized carbons (Fsp3) is 0.471. The van der Waals surface area contributed by atoms with Crippen LogP contribution in [0.15, 0.2) is 31.0 Å². The highest BCUT2D eigenvalue weighted by Crippen LogP contribution is 2.17. The summed E-state index contributed by atoms with van der Waals surface area (Å²) in [7, 11) is 1.87. The van der Waals surface area contributed by atoms with E-state index in [4.69, 9.17) is 4.74 Å². The first kappa shape index (κ1) is 17.1. The second-order valence-corrected chi connectivity index (χ2v) is 6.33. The van der Waals surface area contributed by atoms with Crippen LogP contribution in [-0.2, 0) is 18.4 Å². The molecule has 0 aliphatic carbocycles. The average Bonchev–Trinajstić information content (AvgIpc) is 3.30. The van der Waals surface area contributed by atoms with Crippen molar-refractivity contribution in [1.29, 1.82) is 0 Å². The van der Waals surface area contributed by atoms with Gasteiger partial charge in [-0.05, 0) is 24.8 Å². The molecule has 2 amide bonds. The van der Waals surface area contributed by atoms with Crippen LogP contribution >= 0.6 is 0 Å². The quantitative estimate of drug-likeness (QED) is 0.859. The molecule has 3 heterocycles. The summed E-state index contributed by atoms with van der Waals surface area (Å²) >= 11 is 0. The Labute approximate surface area is 146 Å². The molecule has 1 aliphatic heterocycles. The number of rotatable bonds is 5. The van der Waals surface area contributed by atoms with E-state index in [-0.39, 0.29) is 18.6 Å². The Hall–Kier alpha value is -2.77. The fourth-order valence-electron chi connectivity index (χ4n) is 2.89. The Morgan fingerprint density at radius 1 is 1.40 bits per heavy atom. The molecule has 2 aromatic heterocycles. The van der Waals surface area contributed by atoms with Crippen molar-refractivity contribution in [3.63, 3.8) is 0 Å². The number of ether oxygens (including phenoxy) is 1. The maximum Gasteiger partial charge on any atom is 0.410 e. The molecule has 1 aliphatic rings. The molecule has 8 nitrogen and oxygen atoms in total. The number of carbonyl (C=O) groups is 2. The Kier molecular flexibility index (Phi) is 5.37. The lowest BCUT2D eigenvalue weighted by Crippen LogP contribution is -2.41. The van der Waals surface area contributed by atoms with Crippen LogP contribution in [0.5, 0.6) is 0 Å². The number of nitrogens with one attached hydrogen (secondary N) is 2. The van der Waals surface area contributed by atoms with E-state index < -0.39 is 0 Å². The number of H-pyrrole nitrogens is 1. The highest BCUT2D eigenvalue weighted by molar-refractivity contribution is 5.93. The van der Waals surface area contributed by atoms with Crippen LogP contribution in [0, 0.1) is 5.92 Å². The van der Waals surface area contributed by atoms with Gasteiger partial charge in [0, 0.05) is 45.3 Å². The molecule has 0 spiro atoms. The number of aromatic amines is 1. The number of aryl methyl sites for hydroxylation is 1. The molecule has 0 radical (unpaired) electrons. The summed E-state index contributed by atoms with van der Waals surface area (Å²) < 4.78 is 7.12. The first-order valence-electron chi connectivity index (χ1n) is 8.41. The summed E-state index contributed by atoms with van der Waals surface area (Å²) in [5.74, 6) is 0.307. The molecule has 3 rings (SSSR count). The van der Waals surface area contributed by atoms with Crippen LogP contribution in [0.2, 0.25) is 0 Å². The van der Waals surface area contributed by atoms with Crippen molar-refractivity contribution in [2.24, 2.45) is 13.0 Å². The first-order valence-corrected chi connectivity index (χ1v) is 8.41. The van der Waals surface area contributed by atoms with Gasteiger partial charge >= 0.3 is 6.09 Å². The predicted octanol–water partition coefficient (Wildman–Crippen LogP) is 1.53. The number of imidazole rings is 1. The lowest BCUT2D eigenvalue weighted by Gasteiger charge is -2.31. The molecule has 0 bridgehead atoms. The molecule has 0 unspecified atom stereocenters. The maximum absolute atomic E-state index is 12.1. The molecule has 2 N–H and O–H groups in total. The van der Waals surface area contributed by atoms with Gasteiger partial charge in [0.25, 0.3) is 5.91 Å². The summed E-state index contributed by atoms with van der Waals surface area (Å²) in [5.41, 5.74) is 1.37. The minimum atomic E-state index is -0.305. The molecule has 1 saturated heterocycles. The van der Waals surface area contributed by atoms with Gasteiger partial charge in [0.15, 0.2) is 0 Å². The standard InChI is InChI=1S/C17H23N5O3/c1-21-10-15(20-12-21)11-25-17(24)22-6-3-13(4-7-22)8-19-16(23)14-2-5-18-9-14/h2,5,9-10,12-13,18H,3-4,6-8,11H2,1H3,(H,19,23). The summed E-state index contributed by atoms with van der Waals surface area (Å²) in [6, 6.07) is 1.75. The number of hydrogen-bond acceptors (Lipinski definition) is 4. The Morgan fingerprint density at radius 3 is 2.84 bits per heavy atom. The number of carbonyl (C=O) groups excluding carboxylic acids is 2. The molecule has 8 heteroatoms. The van der Waals surface area contributed by atoms with E-state index in [1.54, 1.807) is 29.7 Å². The molecule has 2 aromatic rings. The van der Waals surface area contributed by atoms with Gasteiger partial charge in [-0.3, -0.25) is 4.79 Å². The molecular weight excluding hydrogens is 322 g/mol. The number of piperidine rings is 1. The van der Waals surface area contributed by atoms with E-state index in [9.17, 15) is 9.59 Å². The van der Waals surface area contributed by atoms with Gasteiger partial charge in [0.2, 0.25) is 0 Å². The number of likely N-dealkylation sites (tertiary alicyclic amines) is 1. The van der Waals surface area contributed by atoms with Gasteiger partial charge in [-0.25, -0.2) is 9.78 Å². The summed E-state index contributed by atoms with van der Waals surface area (Å²) in [6.45, 7) is 2.10. The van der Waals surface area contributed by atoms with E-state index in [0.29, 0.717) is 31.1 Å². The van der Waals surface area contributed by atoms with Crippen molar-refractivity contribution in [2.75, 3.05) is 19.6 Å². The maximum atomic E-state index is 12.1. The first-order chi connectivity index (χ1) is 12.1. The van der Waals surface area contributed by atoms with Gasteiger partial charge in [-0.1, -0.05) is 0 Å². The third-order valence-electron chi connectivity index (χ3n) is 4.39. The SMILES string of the molecule is Cn1cnc(COC(=O)N2CCC(CNC(=O)c3cc[nH]c3)CC2)c1. The van der Waals surface area contributed by atoms with Crippen LogP contribution in [0.3, 0.4) is 0 Å². The molecule has 0 atom stereocenters. The molecule has 134 valence electrons. The van der Waals surface area contributed by atoms with Crippen molar-refractivity contribution >= 4 is 12.0 Å². The zero-order chi connectivity index (χ0) is 17.6. The minimum absolute atomic E-state index is 0.0709. The highest BCUT2D eigenvalue weighted by Gasteiger charge is 2.24. The van der Waals surface area contributed by atoms with Crippen molar-refractivity contribution < 1.29 is 14.3 Å². The van der Waals surface area contributed by atoms with Crippen molar-refractivity contribution in [3.05, 3.63) is 42.2 Å². The number of aromatic nitrogens is 3. The summed E-state index contributed by atoms with van der Waals surface area (Å²) in [4.78, 5) is 32.7.